The van der Waals surface area contributed by atoms with E-state index in [2.05, 4.69) is 61.8 Å². The second-order valence-corrected chi connectivity index (χ2v) is 9.64. The predicted molar refractivity (Wildman–Crippen MR) is 128 cm³/mol. The van der Waals surface area contributed by atoms with E-state index < -0.39 is 0 Å². The Morgan fingerprint density at radius 3 is 2.38 bits per heavy atom. The highest BCUT2D eigenvalue weighted by Crippen LogP contribution is 2.28. The van der Waals surface area contributed by atoms with Crippen LogP contribution in [-0.2, 0) is 23.3 Å². The Balaban J connectivity index is 1.70. The van der Waals surface area contributed by atoms with Gasteiger partial charge >= 0.3 is 0 Å². The number of halogens is 1. The molecule has 168 valence electrons. The van der Waals surface area contributed by atoms with Crippen molar-refractivity contribution < 1.29 is 9.18 Å². The number of allylic oxidation sites excluding steroid dienone is 1. The number of nitrogens with zero attached hydrogens (tertiary/aromatic N) is 4. The van der Waals surface area contributed by atoms with Gasteiger partial charge in [0.05, 0.1) is 5.75 Å². The van der Waals surface area contributed by atoms with E-state index in [-0.39, 0.29) is 22.9 Å². The molecule has 0 bridgehead atoms. The Bertz CT molecular complexity index is 1070. The van der Waals surface area contributed by atoms with E-state index in [9.17, 15) is 9.18 Å². The van der Waals surface area contributed by atoms with Crippen molar-refractivity contribution >= 4 is 17.7 Å². The molecule has 0 fully saturated rings. The topological polar surface area (TPSA) is 51.0 Å². The van der Waals surface area contributed by atoms with E-state index in [4.69, 9.17) is 0 Å². The number of thioether (sulfide) groups is 1. The molecule has 0 saturated carbocycles. The zero-order chi connectivity index (χ0) is 23.3. The van der Waals surface area contributed by atoms with Crippen molar-refractivity contribution in [1.29, 1.82) is 0 Å². The van der Waals surface area contributed by atoms with Crippen LogP contribution in [0.2, 0.25) is 0 Å². The molecule has 1 aromatic heterocycles. The fraction of sp³-hybridized carbons (Fsp3) is 0.320. The summed E-state index contributed by atoms with van der Waals surface area (Å²) in [6, 6.07) is 14.5. The van der Waals surface area contributed by atoms with Crippen molar-refractivity contribution in [3.63, 3.8) is 0 Å². The lowest BCUT2D eigenvalue weighted by molar-refractivity contribution is -0.127. The van der Waals surface area contributed by atoms with Crippen molar-refractivity contribution in [2.24, 2.45) is 0 Å². The third kappa shape index (κ3) is 5.85. The van der Waals surface area contributed by atoms with Gasteiger partial charge in [-0.05, 0) is 28.7 Å². The average Bonchev–Trinajstić information content (AvgIpc) is 3.16. The molecule has 3 aromatic rings. The normalized spacial score (nSPS) is 11.4. The maximum Gasteiger partial charge on any atom is 0.233 e. The highest BCUT2D eigenvalue weighted by Gasteiger charge is 2.18. The van der Waals surface area contributed by atoms with E-state index in [1.807, 2.05) is 4.57 Å². The molecule has 0 saturated heterocycles. The van der Waals surface area contributed by atoms with Crippen LogP contribution in [0.1, 0.15) is 31.9 Å². The van der Waals surface area contributed by atoms with Crippen molar-refractivity contribution in [2.75, 3.05) is 12.8 Å². The molecule has 3 rings (SSSR count). The number of carbonyl (C=O) groups excluding carboxylic acids is 1. The molecule has 5 nitrogen and oxygen atoms in total. The number of carbonyl (C=O) groups is 1. The van der Waals surface area contributed by atoms with Gasteiger partial charge < -0.3 is 4.90 Å². The number of rotatable bonds is 8. The van der Waals surface area contributed by atoms with Crippen molar-refractivity contribution in [1.82, 2.24) is 19.7 Å². The average molecular weight is 453 g/mol. The summed E-state index contributed by atoms with van der Waals surface area (Å²) in [5.41, 5.74) is 3.18. The van der Waals surface area contributed by atoms with Crippen LogP contribution in [0, 0.1) is 5.82 Å². The van der Waals surface area contributed by atoms with E-state index in [0.29, 0.717) is 18.2 Å². The lowest BCUT2D eigenvalue weighted by Gasteiger charge is -2.19. The monoisotopic (exact) mass is 452 g/mol. The second-order valence-electron chi connectivity index (χ2n) is 8.70. The van der Waals surface area contributed by atoms with Gasteiger partial charge in [-0.15, -0.1) is 16.8 Å². The molecule has 0 radical (unpaired) electrons. The summed E-state index contributed by atoms with van der Waals surface area (Å²) < 4.78 is 15.1. The molecule has 0 aliphatic carbocycles. The van der Waals surface area contributed by atoms with Gasteiger partial charge in [0.25, 0.3) is 0 Å². The number of hydrogen-bond donors (Lipinski definition) is 0. The van der Waals surface area contributed by atoms with E-state index >= 15 is 0 Å². The van der Waals surface area contributed by atoms with Crippen LogP contribution in [0.25, 0.3) is 11.4 Å². The number of hydrogen-bond acceptors (Lipinski definition) is 4. The van der Waals surface area contributed by atoms with Gasteiger partial charge in [-0.1, -0.05) is 75.0 Å². The third-order valence-corrected chi connectivity index (χ3v) is 6.07. The molecule has 7 heteroatoms. The van der Waals surface area contributed by atoms with Crippen LogP contribution < -0.4 is 0 Å². The summed E-state index contributed by atoms with van der Waals surface area (Å²) in [4.78, 5) is 14.2. The maximum absolute atomic E-state index is 13.1. The lowest BCUT2D eigenvalue weighted by atomic mass is 9.87. The van der Waals surface area contributed by atoms with E-state index in [1.54, 1.807) is 30.2 Å². The van der Waals surface area contributed by atoms with Crippen LogP contribution in [0.15, 0.2) is 66.3 Å². The first kappa shape index (κ1) is 23.7. The summed E-state index contributed by atoms with van der Waals surface area (Å²) >= 11 is 1.35. The zero-order valence-corrected chi connectivity index (χ0v) is 19.8. The minimum Gasteiger partial charge on any atom is -0.341 e. The van der Waals surface area contributed by atoms with E-state index in [0.717, 1.165) is 17.0 Å². The SMILES string of the molecule is C=CCn1c(SCC(=O)N(C)Cc2ccc(F)cc2)nnc1-c1ccc(C(C)(C)C)cc1. The van der Waals surface area contributed by atoms with Crippen LogP contribution in [0.5, 0.6) is 0 Å². The van der Waals surface area contributed by atoms with Crippen molar-refractivity contribution in [3.05, 3.63) is 78.1 Å². The van der Waals surface area contributed by atoms with Gasteiger partial charge in [-0.25, -0.2) is 4.39 Å². The first-order valence-electron chi connectivity index (χ1n) is 10.4. The van der Waals surface area contributed by atoms with Crippen LogP contribution >= 0.6 is 11.8 Å². The molecule has 1 heterocycles. The number of benzene rings is 2. The summed E-state index contributed by atoms with van der Waals surface area (Å²) in [7, 11) is 1.74. The molecule has 32 heavy (non-hydrogen) atoms. The maximum atomic E-state index is 13.1. The Morgan fingerprint density at radius 1 is 1.12 bits per heavy atom. The minimum absolute atomic E-state index is 0.0384. The second kappa shape index (κ2) is 10.1. The Hall–Kier alpha value is -2.93. The smallest absolute Gasteiger partial charge is 0.233 e. The zero-order valence-electron chi connectivity index (χ0n) is 19.0. The number of aromatic nitrogens is 3. The Morgan fingerprint density at radius 2 is 1.78 bits per heavy atom. The summed E-state index contributed by atoms with van der Waals surface area (Å²) in [6.45, 7) is 11.4. The predicted octanol–water partition coefficient (Wildman–Crippen LogP) is 5.32. The lowest BCUT2D eigenvalue weighted by Crippen LogP contribution is -2.27. The molecule has 0 atom stereocenters. The van der Waals surface area contributed by atoms with Gasteiger partial charge in [0, 0.05) is 25.7 Å². The fourth-order valence-corrected chi connectivity index (χ4v) is 4.10. The Labute approximate surface area is 193 Å². The molecule has 1 amide bonds. The first-order valence-corrected chi connectivity index (χ1v) is 11.4. The van der Waals surface area contributed by atoms with Gasteiger partial charge in [0.15, 0.2) is 11.0 Å². The first-order chi connectivity index (χ1) is 15.2. The van der Waals surface area contributed by atoms with Crippen LogP contribution in [0.4, 0.5) is 4.39 Å². The van der Waals surface area contributed by atoms with Crippen LogP contribution in [0.3, 0.4) is 0 Å². The minimum atomic E-state index is -0.288. The summed E-state index contributed by atoms with van der Waals surface area (Å²) in [5, 5.41) is 9.37. The van der Waals surface area contributed by atoms with Gasteiger partial charge in [0.1, 0.15) is 5.82 Å². The van der Waals surface area contributed by atoms with Gasteiger partial charge in [-0.3, -0.25) is 9.36 Å². The summed E-state index contributed by atoms with van der Waals surface area (Å²) in [5.74, 6) is 0.655. The molecule has 0 aliphatic rings. The molecule has 0 N–H and O–H groups in total. The molecular formula is C25H29FN4OS. The third-order valence-electron chi connectivity index (χ3n) is 5.12. The largest absolute Gasteiger partial charge is 0.341 e. The highest BCUT2D eigenvalue weighted by molar-refractivity contribution is 7.99. The van der Waals surface area contributed by atoms with Gasteiger partial charge in [-0.2, -0.15) is 0 Å². The van der Waals surface area contributed by atoms with Gasteiger partial charge in [0.2, 0.25) is 5.91 Å². The molecule has 0 aliphatic heterocycles. The standard InChI is InChI=1S/C25H29FN4OS/c1-6-15-30-23(19-9-11-20(12-10-19)25(2,3)4)27-28-24(30)32-17-22(31)29(5)16-18-7-13-21(26)14-8-18/h6-14H,1,15-17H2,2-5H3. The van der Waals surface area contributed by atoms with E-state index in [1.165, 1.54) is 29.5 Å². The highest BCUT2D eigenvalue weighted by atomic mass is 32.2. The molecule has 0 spiro atoms. The van der Waals surface area contributed by atoms with Crippen LogP contribution in [-0.4, -0.2) is 38.4 Å². The molecule has 0 unspecified atom stereocenters. The Kier molecular flexibility index (Phi) is 7.51. The quantitative estimate of drug-likeness (QED) is 0.343. The summed E-state index contributed by atoms with van der Waals surface area (Å²) in [6.07, 6.45) is 1.79. The fourth-order valence-electron chi connectivity index (χ4n) is 3.21. The number of amides is 1. The van der Waals surface area contributed by atoms with Crippen molar-refractivity contribution in [2.45, 2.75) is 44.4 Å². The van der Waals surface area contributed by atoms with Crippen molar-refractivity contribution in [3.8, 4) is 11.4 Å². The molecular weight excluding hydrogens is 423 g/mol. The molecule has 2 aromatic carbocycles.